The van der Waals surface area contributed by atoms with Gasteiger partial charge in [0.05, 0.1) is 10.5 Å². The molecule has 1 aromatic heterocycles. The zero-order chi connectivity index (χ0) is 15.6. The van der Waals surface area contributed by atoms with E-state index in [1.54, 1.807) is 6.92 Å². The molecule has 0 saturated heterocycles. The second-order valence-electron chi connectivity index (χ2n) is 4.31. The van der Waals surface area contributed by atoms with Crippen LogP contribution in [-0.2, 0) is 10.0 Å². The smallest absolute Gasteiger partial charge is 0.335 e. The Kier molecular flexibility index (Phi) is 3.81. The van der Waals surface area contributed by atoms with E-state index in [1.807, 2.05) is 0 Å². The molecule has 0 amide bonds. The SMILES string of the molecule is Cc1ccc(S(=O)(=O)Nc2c[nH]ccc2=O)cc1C(=O)O. The van der Waals surface area contributed by atoms with Gasteiger partial charge >= 0.3 is 5.97 Å². The van der Waals surface area contributed by atoms with Crippen LogP contribution in [0.3, 0.4) is 0 Å². The predicted molar refractivity (Wildman–Crippen MR) is 76.0 cm³/mol. The number of carboxylic acid groups (broad SMARTS) is 1. The number of H-pyrrole nitrogens is 1. The van der Waals surface area contributed by atoms with E-state index in [1.165, 1.54) is 30.6 Å². The van der Waals surface area contributed by atoms with Crippen LogP contribution in [0.15, 0.2) is 46.3 Å². The average Bonchev–Trinajstić information content (AvgIpc) is 2.41. The van der Waals surface area contributed by atoms with Crippen LogP contribution in [0.1, 0.15) is 15.9 Å². The number of aromatic nitrogens is 1. The Hall–Kier alpha value is -2.61. The fraction of sp³-hybridized carbons (Fsp3) is 0.0769. The maximum atomic E-state index is 12.2. The van der Waals surface area contributed by atoms with Crippen molar-refractivity contribution in [3.8, 4) is 0 Å². The van der Waals surface area contributed by atoms with Crippen LogP contribution in [0.2, 0.25) is 0 Å². The van der Waals surface area contributed by atoms with Crippen molar-refractivity contribution in [3.05, 3.63) is 58.0 Å². The quantitative estimate of drug-likeness (QED) is 0.784. The van der Waals surface area contributed by atoms with Gasteiger partial charge in [-0.3, -0.25) is 9.52 Å². The van der Waals surface area contributed by atoms with Crippen molar-refractivity contribution in [2.75, 3.05) is 4.72 Å². The van der Waals surface area contributed by atoms with Crippen LogP contribution >= 0.6 is 0 Å². The van der Waals surface area contributed by atoms with Gasteiger partial charge in [-0.15, -0.1) is 0 Å². The Morgan fingerprint density at radius 2 is 2.00 bits per heavy atom. The minimum absolute atomic E-state index is 0.111. The summed E-state index contributed by atoms with van der Waals surface area (Å²) in [5.74, 6) is -1.22. The minimum Gasteiger partial charge on any atom is -0.478 e. The molecule has 110 valence electrons. The van der Waals surface area contributed by atoms with Gasteiger partial charge in [-0.05, 0) is 24.6 Å². The summed E-state index contributed by atoms with van der Waals surface area (Å²) >= 11 is 0. The molecule has 1 aromatic carbocycles. The highest BCUT2D eigenvalue weighted by atomic mass is 32.2. The molecule has 2 aromatic rings. The normalized spacial score (nSPS) is 11.1. The average molecular weight is 308 g/mol. The summed E-state index contributed by atoms with van der Waals surface area (Å²) < 4.78 is 26.5. The summed E-state index contributed by atoms with van der Waals surface area (Å²) in [7, 11) is -4.04. The molecule has 0 atom stereocenters. The topological polar surface area (TPSA) is 116 Å². The molecule has 0 aliphatic heterocycles. The molecular weight excluding hydrogens is 296 g/mol. The molecule has 3 N–H and O–H groups in total. The summed E-state index contributed by atoms with van der Waals surface area (Å²) in [4.78, 5) is 24.9. The van der Waals surface area contributed by atoms with Crippen molar-refractivity contribution in [2.24, 2.45) is 0 Å². The molecule has 0 unspecified atom stereocenters. The van der Waals surface area contributed by atoms with E-state index >= 15 is 0 Å². The standard InChI is InChI=1S/C13H12N2O5S/c1-8-2-3-9(6-10(8)13(17)18)21(19,20)15-11-7-14-5-4-12(11)16/h2-7,15H,1H3,(H,14,16)(H,17,18). The molecule has 0 fully saturated rings. The molecule has 0 spiro atoms. The van der Waals surface area contributed by atoms with Gasteiger partial charge in [-0.1, -0.05) is 6.07 Å². The molecule has 0 bridgehead atoms. The summed E-state index contributed by atoms with van der Waals surface area (Å²) in [6.07, 6.45) is 2.58. The molecule has 21 heavy (non-hydrogen) atoms. The van der Waals surface area contributed by atoms with Gasteiger partial charge in [-0.25, -0.2) is 13.2 Å². The van der Waals surface area contributed by atoms with Crippen LogP contribution in [0.4, 0.5) is 5.69 Å². The van der Waals surface area contributed by atoms with Gasteiger partial charge in [0.2, 0.25) is 5.43 Å². The minimum atomic E-state index is -4.04. The first-order valence-electron chi connectivity index (χ1n) is 5.85. The summed E-state index contributed by atoms with van der Waals surface area (Å²) in [6.45, 7) is 1.56. The number of carboxylic acids is 1. The number of aryl methyl sites for hydroxylation is 1. The first-order chi connectivity index (χ1) is 9.81. The van der Waals surface area contributed by atoms with Crippen molar-refractivity contribution in [1.82, 2.24) is 4.98 Å². The Morgan fingerprint density at radius 3 is 2.62 bits per heavy atom. The van der Waals surface area contributed by atoms with Gasteiger partial charge in [0, 0.05) is 18.5 Å². The van der Waals surface area contributed by atoms with E-state index in [0.717, 1.165) is 6.07 Å². The van der Waals surface area contributed by atoms with Crippen LogP contribution < -0.4 is 10.2 Å². The summed E-state index contributed by atoms with van der Waals surface area (Å²) in [6, 6.07) is 4.90. The Bertz CT molecular complexity index is 855. The second-order valence-corrected chi connectivity index (χ2v) is 5.99. The number of aromatic amines is 1. The van der Waals surface area contributed by atoms with Crippen molar-refractivity contribution in [1.29, 1.82) is 0 Å². The van der Waals surface area contributed by atoms with E-state index in [2.05, 4.69) is 9.71 Å². The van der Waals surface area contributed by atoms with Crippen molar-refractivity contribution in [2.45, 2.75) is 11.8 Å². The number of carbonyl (C=O) groups is 1. The number of benzene rings is 1. The highest BCUT2D eigenvalue weighted by Crippen LogP contribution is 2.17. The molecule has 0 radical (unpaired) electrons. The number of nitrogens with one attached hydrogen (secondary N) is 2. The third kappa shape index (κ3) is 3.11. The zero-order valence-corrected chi connectivity index (χ0v) is 11.8. The number of hydrogen-bond acceptors (Lipinski definition) is 4. The van der Waals surface area contributed by atoms with E-state index in [9.17, 15) is 18.0 Å². The maximum Gasteiger partial charge on any atom is 0.335 e. The third-order valence-corrected chi connectivity index (χ3v) is 4.18. The molecular formula is C13H12N2O5S. The van der Waals surface area contributed by atoms with Gasteiger partial charge < -0.3 is 10.1 Å². The molecule has 0 aliphatic carbocycles. The molecule has 7 nitrogen and oxygen atoms in total. The number of sulfonamides is 1. The lowest BCUT2D eigenvalue weighted by Gasteiger charge is -2.09. The summed E-state index contributed by atoms with van der Waals surface area (Å²) in [5, 5.41) is 9.02. The van der Waals surface area contributed by atoms with E-state index in [4.69, 9.17) is 5.11 Å². The zero-order valence-electron chi connectivity index (χ0n) is 11.0. The number of anilines is 1. The van der Waals surface area contributed by atoms with E-state index in [-0.39, 0.29) is 16.1 Å². The van der Waals surface area contributed by atoms with Crippen LogP contribution in [0.25, 0.3) is 0 Å². The van der Waals surface area contributed by atoms with Gasteiger partial charge in [-0.2, -0.15) is 0 Å². The van der Waals surface area contributed by atoms with Crippen LogP contribution in [0, 0.1) is 6.92 Å². The predicted octanol–water partition coefficient (Wildman–Crippen LogP) is 1.18. The second kappa shape index (κ2) is 5.41. The van der Waals surface area contributed by atoms with Crippen molar-refractivity contribution < 1.29 is 18.3 Å². The fourth-order valence-corrected chi connectivity index (χ4v) is 2.79. The van der Waals surface area contributed by atoms with E-state index in [0.29, 0.717) is 5.56 Å². The van der Waals surface area contributed by atoms with Gasteiger partial charge in [0.25, 0.3) is 10.0 Å². The third-order valence-electron chi connectivity index (χ3n) is 2.82. The molecule has 8 heteroatoms. The number of rotatable bonds is 4. The summed E-state index contributed by atoms with van der Waals surface area (Å²) in [5.41, 5.74) is -0.309. The Morgan fingerprint density at radius 1 is 1.29 bits per heavy atom. The number of hydrogen-bond donors (Lipinski definition) is 3. The lowest BCUT2D eigenvalue weighted by molar-refractivity contribution is 0.0696. The molecule has 0 saturated carbocycles. The van der Waals surface area contributed by atoms with Gasteiger partial charge in [0.1, 0.15) is 5.69 Å². The van der Waals surface area contributed by atoms with Crippen LogP contribution in [-0.4, -0.2) is 24.5 Å². The highest BCUT2D eigenvalue weighted by molar-refractivity contribution is 7.92. The lowest BCUT2D eigenvalue weighted by atomic mass is 10.1. The molecule has 2 rings (SSSR count). The monoisotopic (exact) mass is 308 g/mol. The Labute approximate surface area is 120 Å². The molecule has 1 heterocycles. The van der Waals surface area contributed by atoms with Crippen molar-refractivity contribution >= 4 is 21.7 Å². The maximum absolute atomic E-state index is 12.2. The number of aromatic carboxylic acids is 1. The van der Waals surface area contributed by atoms with Crippen LogP contribution in [0.5, 0.6) is 0 Å². The molecule has 0 aliphatic rings. The van der Waals surface area contributed by atoms with Gasteiger partial charge in [0.15, 0.2) is 0 Å². The fourth-order valence-electron chi connectivity index (χ4n) is 1.70. The van der Waals surface area contributed by atoms with E-state index < -0.39 is 21.4 Å². The Balaban J connectivity index is 2.46. The van der Waals surface area contributed by atoms with Crippen molar-refractivity contribution in [3.63, 3.8) is 0 Å². The first kappa shape index (κ1) is 14.8. The highest BCUT2D eigenvalue weighted by Gasteiger charge is 2.18. The lowest BCUT2D eigenvalue weighted by Crippen LogP contribution is -2.19. The number of pyridine rings is 1. The first-order valence-corrected chi connectivity index (χ1v) is 7.33. The largest absolute Gasteiger partial charge is 0.478 e.